The summed E-state index contributed by atoms with van der Waals surface area (Å²) in [5.41, 5.74) is 0.414. The number of imide groups is 1. The second-order valence-electron chi connectivity index (χ2n) is 7.74. The lowest BCUT2D eigenvalue weighted by Crippen LogP contribution is -2.44. The van der Waals surface area contributed by atoms with Crippen LogP contribution in [0.4, 0.5) is 8.78 Å². The molecule has 0 spiro atoms. The van der Waals surface area contributed by atoms with Gasteiger partial charge in [-0.3, -0.25) is 19.5 Å². The molecule has 1 aliphatic heterocycles. The Kier molecular flexibility index (Phi) is 5.34. The van der Waals surface area contributed by atoms with Crippen molar-refractivity contribution in [2.45, 2.75) is 12.8 Å². The van der Waals surface area contributed by atoms with Gasteiger partial charge in [0, 0.05) is 32.7 Å². The van der Waals surface area contributed by atoms with Crippen LogP contribution >= 0.6 is 0 Å². The van der Waals surface area contributed by atoms with E-state index in [1.54, 1.807) is 7.05 Å². The molecule has 1 aromatic carbocycles. The Morgan fingerprint density at radius 3 is 2.38 bits per heavy atom. The maximum atomic E-state index is 13.7. The van der Waals surface area contributed by atoms with Gasteiger partial charge in [0.25, 0.3) is 0 Å². The van der Waals surface area contributed by atoms with E-state index in [9.17, 15) is 18.4 Å². The number of guanidine groups is 1. The first kappa shape index (κ1) is 19.5. The van der Waals surface area contributed by atoms with E-state index in [2.05, 4.69) is 27.8 Å². The minimum absolute atomic E-state index is 0.0617. The van der Waals surface area contributed by atoms with Gasteiger partial charge in [0.05, 0.1) is 11.8 Å². The zero-order chi connectivity index (χ0) is 20.5. The summed E-state index contributed by atoms with van der Waals surface area (Å²) in [6, 6.07) is 3.52. The first-order valence-electron chi connectivity index (χ1n) is 9.91. The average Bonchev–Trinajstić information content (AvgIpc) is 3.37. The number of nitrogens with one attached hydrogen (secondary N) is 2. The van der Waals surface area contributed by atoms with Crippen LogP contribution in [0.25, 0.3) is 0 Å². The summed E-state index contributed by atoms with van der Waals surface area (Å²) in [4.78, 5) is 30.8. The Hall–Kier alpha value is -2.77. The highest BCUT2D eigenvalue weighted by atomic mass is 19.1. The number of allylic oxidation sites excluding steroid dienone is 2. The van der Waals surface area contributed by atoms with Crippen LogP contribution in [0.1, 0.15) is 12.0 Å². The van der Waals surface area contributed by atoms with Crippen LogP contribution in [0.2, 0.25) is 0 Å². The number of hydrogen-bond donors (Lipinski definition) is 2. The fraction of sp³-hybridized carbons (Fsp3) is 0.476. The molecule has 4 rings (SSSR count). The largest absolute Gasteiger partial charge is 0.356 e. The van der Waals surface area contributed by atoms with E-state index < -0.39 is 11.6 Å². The highest BCUT2D eigenvalue weighted by molar-refractivity contribution is 6.06. The van der Waals surface area contributed by atoms with Crippen molar-refractivity contribution in [3.05, 3.63) is 47.5 Å². The molecule has 0 aromatic heterocycles. The second-order valence-corrected chi connectivity index (χ2v) is 7.74. The Labute approximate surface area is 168 Å². The maximum absolute atomic E-state index is 13.7. The number of carbonyl (C=O) groups is 2. The number of benzene rings is 1. The number of carbonyl (C=O) groups excluding carboxylic acids is 2. The molecule has 2 bridgehead atoms. The summed E-state index contributed by atoms with van der Waals surface area (Å²) in [5, 5.41) is 6.13. The summed E-state index contributed by atoms with van der Waals surface area (Å²) in [6.45, 7) is 1.07. The molecule has 3 aliphatic rings. The monoisotopic (exact) mass is 402 g/mol. The second kappa shape index (κ2) is 7.93. The normalized spacial score (nSPS) is 27.7. The molecule has 1 saturated carbocycles. The van der Waals surface area contributed by atoms with E-state index >= 15 is 0 Å². The van der Waals surface area contributed by atoms with Crippen molar-refractivity contribution < 1.29 is 18.4 Å². The minimum atomic E-state index is -0.601. The van der Waals surface area contributed by atoms with Crippen molar-refractivity contribution >= 4 is 17.8 Å². The number of nitrogens with zero attached hydrogens (tertiary/aromatic N) is 2. The molecule has 154 valence electrons. The van der Waals surface area contributed by atoms with Crippen LogP contribution in [0.15, 0.2) is 35.3 Å². The topological polar surface area (TPSA) is 73.8 Å². The number of likely N-dealkylation sites (tertiary alicyclic amines) is 1. The van der Waals surface area contributed by atoms with E-state index in [0.29, 0.717) is 31.0 Å². The molecule has 4 unspecified atom stereocenters. The van der Waals surface area contributed by atoms with Gasteiger partial charge in [-0.05, 0) is 36.3 Å². The molecule has 2 fully saturated rings. The number of fused-ring (bicyclic) bond motifs is 5. The standard InChI is InChI=1S/C21H24F2N4O2/c1-24-21(25-7-6-12-4-5-15(22)11-16(12)23)26-8-9-27-19(28)17-13-2-3-14(10-13)18(17)20(27)29/h2-5,11,13-14,17-18H,6-10H2,1H3,(H2,24,25,26). The molecule has 29 heavy (non-hydrogen) atoms. The van der Waals surface area contributed by atoms with Crippen LogP contribution in [0.5, 0.6) is 0 Å². The zero-order valence-electron chi connectivity index (χ0n) is 16.2. The van der Waals surface area contributed by atoms with Crippen molar-refractivity contribution in [3.63, 3.8) is 0 Å². The number of amides is 2. The van der Waals surface area contributed by atoms with Crippen molar-refractivity contribution in [2.75, 3.05) is 26.7 Å². The molecular weight excluding hydrogens is 378 g/mol. The quantitative estimate of drug-likeness (QED) is 0.327. The lowest BCUT2D eigenvalue weighted by atomic mass is 9.85. The van der Waals surface area contributed by atoms with E-state index in [4.69, 9.17) is 0 Å². The molecule has 6 nitrogen and oxygen atoms in total. The molecule has 2 N–H and O–H groups in total. The SMILES string of the molecule is CN=C(NCCc1ccc(F)cc1F)NCCN1C(=O)C2C3C=CC(C3)C2C1=O. The predicted octanol–water partition coefficient (Wildman–Crippen LogP) is 1.48. The molecule has 2 amide bonds. The van der Waals surface area contributed by atoms with Crippen LogP contribution in [0.3, 0.4) is 0 Å². The summed E-state index contributed by atoms with van der Waals surface area (Å²) >= 11 is 0. The van der Waals surface area contributed by atoms with Gasteiger partial charge in [-0.15, -0.1) is 0 Å². The Morgan fingerprint density at radius 2 is 1.76 bits per heavy atom. The molecule has 0 radical (unpaired) electrons. The summed E-state index contributed by atoms with van der Waals surface area (Å²) < 4.78 is 26.6. The highest BCUT2D eigenvalue weighted by Crippen LogP contribution is 2.52. The lowest BCUT2D eigenvalue weighted by molar-refractivity contribution is -0.140. The van der Waals surface area contributed by atoms with Gasteiger partial charge in [0.2, 0.25) is 11.8 Å². The van der Waals surface area contributed by atoms with Crippen LogP contribution < -0.4 is 10.6 Å². The molecular formula is C21H24F2N4O2. The Morgan fingerprint density at radius 1 is 1.10 bits per heavy atom. The van der Waals surface area contributed by atoms with Gasteiger partial charge in [-0.2, -0.15) is 0 Å². The molecule has 4 atom stereocenters. The van der Waals surface area contributed by atoms with E-state index in [0.717, 1.165) is 12.5 Å². The fourth-order valence-electron chi connectivity index (χ4n) is 4.73. The zero-order valence-corrected chi connectivity index (χ0v) is 16.2. The molecule has 2 aliphatic carbocycles. The van der Waals surface area contributed by atoms with Crippen LogP contribution in [-0.2, 0) is 16.0 Å². The van der Waals surface area contributed by atoms with Crippen molar-refractivity contribution in [3.8, 4) is 0 Å². The third-order valence-corrected chi connectivity index (χ3v) is 6.11. The van der Waals surface area contributed by atoms with E-state index in [1.165, 1.54) is 17.0 Å². The van der Waals surface area contributed by atoms with Gasteiger partial charge in [-0.1, -0.05) is 18.2 Å². The number of hydrogen-bond acceptors (Lipinski definition) is 3. The van der Waals surface area contributed by atoms with Gasteiger partial charge >= 0.3 is 0 Å². The first-order valence-corrected chi connectivity index (χ1v) is 9.91. The third kappa shape index (κ3) is 3.63. The summed E-state index contributed by atoms with van der Waals surface area (Å²) in [5.74, 6) is -0.747. The summed E-state index contributed by atoms with van der Waals surface area (Å²) in [6.07, 6.45) is 5.45. The van der Waals surface area contributed by atoms with Gasteiger partial charge in [0.15, 0.2) is 5.96 Å². The third-order valence-electron chi connectivity index (χ3n) is 6.11. The molecule has 8 heteroatoms. The predicted molar refractivity (Wildman–Crippen MR) is 104 cm³/mol. The fourth-order valence-corrected chi connectivity index (χ4v) is 4.73. The first-order chi connectivity index (χ1) is 14.0. The van der Waals surface area contributed by atoms with Gasteiger partial charge < -0.3 is 10.6 Å². The van der Waals surface area contributed by atoms with E-state index in [1.807, 2.05) is 0 Å². The van der Waals surface area contributed by atoms with Gasteiger partial charge in [0.1, 0.15) is 11.6 Å². The van der Waals surface area contributed by atoms with Crippen molar-refractivity contribution in [1.29, 1.82) is 0 Å². The molecule has 1 saturated heterocycles. The van der Waals surface area contributed by atoms with Crippen LogP contribution in [-0.4, -0.2) is 49.4 Å². The number of aliphatic imine (C=N–C) groups is 1. The molecule has 1 aromatic rings. The Balaban J connectivity index is 1.23. The lowest BCUT2D eigenvalue weighted by Gasteiger charge is -2.18. The van der Waals surface area contributed by atoms with E-state index in [-0.39, 0.29) is 42.0 Å². The van der Waals surface area contributed by atoms with Gasteiger partial charge in [-0.25, -0.2) is 8.78 Å². The highest BCUT2D eigenvalue weighted by Gasteiger charge is 2.58. The summed E-state index contributed by atoms with van der Waals surface area (Å²) in [7, 11) is 1.60. The number of halogens is 2. The van der Waals surface area contributed by atoms with Crippen molar-refractivity contribution in [2.24, 2.45) is 28.7 Å². The smallest absolute Gasteiger partial charge is 0.233 e. The number of rotatable bonds is 6. The Bertz CT molecular complexity index is 855. The van der Waals surface area contributed by atoms with Crippen LogP contribution in [0, 0.1) is 35.3 Å². The van der Waals surface area contributed by atoms with Crippen molar-refractivity contribution in [1.82, 2.24) is 15.5 Å². The average molecular weight is 402 g/mol. The minimum Gasteiger partial charge on any atom is -0.356 e. The maximum Gasteiger partial charge on any atom is 0.233 e. The molecule has 1 heterocycles.